The van der Waals surface area contributed by atoms with Gasteiger partial charge in [-0.05, 0) is 42.0 Å². The molecule has 2 rings (SSSR count). The molecule has 0 bridgehead atoms. The maximum atomic E-state index is 3.54. The Labute approximate surface area is 81.3 Å². The minimum absolute atomic E-state index is 0.546. The summed E-state index contributed by atoms with van der Waals surface area (Å²) in [5.41, 5.74) is 1.41. The fourth-order valence-electron chi connectivity index (χ4n) is 1.74. The van der Waals surface area contributed by atoms with E-state index in [1.807, 2.05) is 0 Å². The molecule has 3 heteroatoms. The van der Waals surface area contributed by atoms with Crippen molar-refractivity contribution in [1.82, 2.24) is 9.47 Å². The summed E-state index contributed by atoms with van der Waals surface area (Å²) in [5, 5.41) is 0. The molecule has 1 aromatic heterocycles. The Balaban J connectivity index is 2.43. The van der Waals surface area contributed by atoms with Crippen molar-refractivity contribution in [2.45, 2.75) is 19.5 Å². The summed E-state index contributed by atoms with van der Waals surface area (Å²) in [4.78, 5) is 2.38. The van der Waals surface area contributed by atoms with Crippen molar-refractivity contribution in [3.05, 3.63) is 22.4 Å². The van der Waals surface area contributed by atoms with Crippen molar-refractivity contribution in [2.24, 2.45) is 0 Å². The van der Waals surface area contributed by atoms with Crippen LogP contribution in [0.2, 0.25) is 0 Å². The number of fused-ring (bicyclic) bond motifs is 1. The van der Waals surface area contributed by atoms with Crippen LogP contribution in [0.4, 0.5) is 0 Å². The van der Waals surface area contributed by atoms with E-state index < -0.39 is 0 Å². The minimum atomic E-state index is 0.546. The zero-order valence-electron chi connectivity index (χ0n) is 7.42. The molecule has 66 valence electrons. The van der Waals surface area contributed by atoms with Gasteiger partial charge in [0.15, 0.2) is 0 Å². The lowest BCUT2D eigenvalue weighted by Crippen LogP contribution is -2.33. The van der Waals surface area contributed by atoms with Crippen LogP contribution in [0.3, 0.4) is 0 Å². The van der Waals surface area contributed by atoms with E-state index >= 15 is 0 Å². The molecule has 12 heavy (non-hydrogen) atoms. The zero-order valence-corrected chi connectivity index (χ0v) is 9.00. The van der Waals surface area contributed by atoms with E-state index in [0.717, 1.165) is 13.1 Å². The van der Waals surface area contributed by atoms with E-state index in [9.17, 15) is 0 Å². The van der Waals surface area contributed by atoms with E-state index in [-0.39, 0.29) is 0 Å². The Morgan fingerprint density at radius 2 is 2.17 bits per heavy atom. The highest BCUT2D eigenvalue weighted by Crippen LogP contribution is 2.27. The van der Waals surface area contributed by atoms with Crippen molar-refractivity contribution < 1.29 is 0 Å². The molecule has 0 aromatic carbocycles. The molecule has 1 aliphatic heterocycles. The molecule has 0 fully saturated rings. The molecular formula is C9H13BrN2. The third-order valence-electron chi connectivity index (χ3n) is 2.73. The van der Waals surface area contributed by atoms with Crippen LogP contribution in [-0.2, 0) is 6.54 Å². The van der Waals surface area contributed by atoms with Gasteiger partial charge in [0.25, 0.3) is 0 Å². The molecule has 0 radical (unpaired) electrons. The summed E-state index contributed by atoms with van der Waals surface area (Å²) in [6, 6.07) is 4.88. The Kier molecular flexibility index (Phi) is 2.00. The number of aromatic nitrogens is 1. The maximum absolute atomic E-state index is 3.54. The molecule has 0 aliphatic carbocycles. The van der Waals surface area contributed by atoms with Crippen molar-refractivity contribution in [1.29, 1.82) is 0 Å². The van der Waals surface area contributed by atoms with Gasteiger partial charge in [-0.15, -0.1) is 0 Å². The number of hydrogen-bond donors (Lipinski definition) is 0. The lowest BCUT2D eigenvalue weighted by molar-refractivity contribution is 0.210. The first-order chi connectivity index (χ1) is 5.70. The van der Waals surface area contributed by atoms with Crippen LogP contribution in [0.15, 0.2) is 16.7 Å². The monoisotopic (exact) mass is 228 g/mol. The summed E-state index contributed by atoms with van der Waals surface area (Å²) < 4.78 is 3.54. The third kappa shape index (κ3) is 1.12. The van der Waals surface area contributed by atoms with Gasteiger partial charge in [-0.1, -0.05) is 0 Å². The highest BCUT2D eigenvalue weighted by molar-refractivity contribution is 9.10. The van der Waals surface area contributed by atoms with E-state index in [1.165, 1.54) is 10.3 Å². The predicted molar refractivity (Wildman–Crippen MR) is 53.2 cm³/mol. The molecule has 2 nitrogen and oxygen atoms in total. The molecular weight excluding hydrogens is 216 g/mol. The van der Waals surface area contributed by atoms with Gasteiger partial charge in [0.2, 0.25) is 0 Å². The molecule has 0 saturated heterocycles. The lowest BCUT2D eigenvalue weighted by Gasteiger charge is -2.31. The van der Waals surface area contributed by atoms with E-state index in [0.29, 0.717) is 6.04 Å². The first-order valence-electron chi connectivity index (χ1n) is 4.25. The number of rotatable bonds is 0. The summed E-state index contributed by atoms with van der Waals surface area (Å²) >= 11 is 3.54. The molecule has 0 amide bonds. The molecule has 0 spiro atoms. The molecule has 0 saturated carbocycles. The summed E-state index contributed by atoms with van der Waals surface area (Å²) in [6.07, 6.45) is 0. The van der Waals surface area contributed by atoms with Crippen LogP contribution in [0, 0.1) is 0 Å². The van der Waals surface area contributed by atoms with Crippen LogP contribution in [0.25, 0.3) is 0 Å². The van der Waals surface area contributed by atoms with Crippen molar-refractivity contribution in [3.63, 3.8) is 0 Å². The Bertz CT molecular complexity index is 293. The van der Waals surface area contributed by atoms with Crippen molar-refractivity contribution in [2.75, 3.05) is 13.6 Å². The van der Waals surface area contributed by atoms with E-state index in [4.69, 9.17) is 0 Å². The van der Waals surface area contributed by atoms with Crippen LogP contribution < -0.4 is 0 Å². The summed E-state index contributed by atoms with van der Waals surface area (Å²) in [6.45, 7) is 4.49. The van der Waals surface area contributed by atoms with E-state index in [1.54, 1.807) is 0 Å². The lowest BCUT2D eigenvalue weighted by atomic mass is 10.2. The second-order valence-electron chi connectivity index (χ2n) is 3.39. The highest BCUT2D eigenvalue weighted by Gasteiger charge is 2.21. The summed E-state index contributed by atoms with van der Waals surface area (Å²) in [5.74, 6) is 0. The van der Waals surface area contributed by atoms with Gasteiger partial charge in [-0.2, -0.15) is 0 Å². The minimum Gasteiger partial charge on any atom is -0.337 e. The zero-order chi connectivity index (χ0) is 8.72. The number of likely N-dealkylation sites (N-methyl/N-ethyl adjacent to an activating group) is 1. The van der Waals surface area contributed by atoms with E-state index in [2.05, 4.69) is 51.5 Å². The second-order valence-corrected chi connectivity index (χ2v) is 4.20. The Morgan fingerprint density at radius 1 is 1.42 bits per heavy atom. The van der Waals surface area contributed by atoms with Crippen LogP contribution in [-0.4, -0.2) is 23.1 Å². The largest absolute Gasteiger partial charge is 0.337 e. The normalized spacial score (nSPS) is 24.1. The second kappa shape index (κ2) is 2.89. The van der Waals surface area contributed by atoms with Crippen molar-refractivity contribution >= 4 is 15.9 Å². The average molecular weight is 229 g/mol. The van der Waals surface area contributed by atoms with Crippen LogP contribution in [0.1, 0.15) is 18.7 Å². The first-order valence-corrected chi connectivity index (χ1v) is 5.04. The van der Waals surface area contributed by atoms with Gasteiger partial charge in [0.1, 0.15) is 0 Å². The molecule has 1 unspecified atom stereocenters. The maximum Gasteiger partial charge on any atom is 0.0849 e. The van der Waals surface area contributed by atoms with Crippen molar-refractivity contribution in [3.8, 4) is 0 Å². The van der Waals surface area contributed by atoms with Gasteiger partial charge in [0, 0.05) is 24.8 Å². The van der Waals surface area contributed by atoms with Gasteiger partial charge in [-0.3, -0.25) is 4.90 Å². The Morgan fingerprint density at radius 3 is 2.92 bits per heavy atom. The van der Waals surface area contributed by atoms with Crippen LogP contribution >= 0.6 is 15.9 Å². The smallest absolute Gasteiger partial charge is 0.0849 e. The SMILES string of the molecule is CC1c2ccc(Br)n2CCN1C. The van der Waals surface area contributed by atoms with Gasteiger partial charge in [0.05, 0.1) is 4.60 Å². The van der Waals surface area contributed by atoms with Gasteiger partial charge >= 0.3 is 0 Å². The van der Waals surface area contributed by atoms with Gasteiger partial charge in [-0.25, -0.2) is 0 Å². The standard InChI is InChI=1S/C9H13BrN2/c1-7-8-3-4-9(10)12(8)6-5-11(7)2/h3-4,7H,5-6H2,1-2H3. The first kappa shape index (κ1) is 8.32. The quantitative estimate of drug-likeness (QED) is 0.662. The molecule has 1 aromatic rings. The molecule has 1 aliphatic rings. The van der Waals surface area contributed by atoms with Crippen LogP contribution in [0.5, 0.6) is 0 Å². The fourth-order valence-corrected chi connectivity index (χ4v) is 2.25. The topological polar surface area (TPSA) is 8.17 Å². The third-order valence-corrected chi connectivity index (χ3v) is 3.42. The Hall–Kier alpha value is -0.280. The highest BCUT2D eigenvalue weighted by atomic mass is 79.9. The molecule has 0 N–H and O–H groups in total. The predicted octanol–water partition coefficient (Wildman–Crippen LogP) is 2.26. The number of halogens is 1. The molecule has 1 atom stereocenters. The number of hydrogen-bond acceptors (Lipinski definition) is 1. The average Bonchev–Trinajstić information content (AvgIpc) is 2.41. The fraction of sp³-hybridized carbons (Fsp3) is 0.556. The number of nitrogens with zero attached hydrogens (tertiary/aromatic N) is 2. The molecule has 2 heterocycles. The summed E-state index contributed by atoms with van der Waals surface area (Å²) in [7, 11) is 2.18. The van der Waals surface area contributed by atoms with Gasteiger partial charge < -0.3 is 4.57 Å².